The Kier molecular flexibility index (Phi) is 2.17. The van der Waals surface area contributed by atoms with E-state index in [0.717, 1.165) is 25.7 Å². The molecule has 98 valence electrons. The van der Waals surface area contributed by atoms with Gasteiger partial charge in [0.15, 0.2) is 0 Å². The van der Waals surface area contributed by atoms with E-state index in [9.17, 15) is 10.2 Å². The molecule has 0 aliphatic heterocycles. The minimum Gasteiger partial charge on any atom is -0.390 e. The molecule has 3 saturated carbocycles. The summed E-state index contributed by atoms with van der Waals surface area (Å²) in [4.78, 5) is 0. The van der Waals surface area contributed by atoms with Gasteiger partial charge in [0.25, 0.3) is 0 Å². The molecule has 2 N–H and O–H groups in total. The van der Waals surface area contributed by atoms with Gasteiger partial charge in [-0.1, -0.05) is 13.8 Å². The normalized spacial score (nSPS) is 60.4. The monoisotopic (exact) mass is 238 g/mol. The first-order chi connectivity index (χ1) is 7.68. The van der Waals surface area contributed by atoms with Crippen LogP contribution in [0.3, 0.4) is 0 Å². The fourth-order valence-electron chi connectivity index (χ4n) is 5.25. The average Bonchev–Trinajstić information content (AvgIpc) is 2.59. The molecule has 2 heteroatoms. The van der Waals surface area contributed by atoms with Crippen molar-refractivity contribution < 1.29 is 10.2 Å². The van der Waals surface area contributed by atoms with Gasteiger partial charge in [0.2, 0.25) is 0 Å². The molecule has 0 aromatic rings. The molecule has 0 spiro atoms. The first-order valence-corrected chi connectivity index (χ1v) is 7.13. The fraction of sp³-hybridized carbons (Fsp3) is 1.00. The average molecular weight is 238 g/mol. The van der Waals surface area contributed by atoms with Crippen molar-refractivity contribution in [3.05, 3.63) is 0 Å². The summed E-state index contributed by atoms with van der Waals surface area (Å²) in [5, 5.41) is 21.3. The second-order valence-corrected chi connectivity index (χ2v) is 7.88. The van der Waals surface area contributed by atoms with Gasteiger partial charge in [0.1, 0.15) is 0 Å². The van der Waals surface area contributed by atoms with Crippen LogP contribution in [0.25, 0.3) is 0 Å². The third-order valence-electron chi connectivity index (χ3n) is 6.40. The quantitative estimate of drug-likeness (QED) is 0.681. The maximum atomic E-state index is 10.7. The van der Waals surface area contributed by atoms with Crippen molar-refractivity contribution in [2.75, 3.05) is 0 Å². The summed E-state index contributed by atoms with van der Waals surface area (Å²) in [5.41, 5.74) is -0.738. The van der Waals surface area contributed by atoms with E-state index < -0.39 is 11.2 Å². The Morgan fingerprint density at radius 1 is 0.765 bits per heavy atom. The predicted octanol–water partition coefficient (Wildman–Crippen LogP) is 2.58. The predicted molar refractivity (Wildman–Crippen MR) is 67.5 cm³/mol. The maximum absolute atomic E-state index is 10.7. The number of aliphatic hydroxyl groups is 2. The third kappa shape index (κ3) is 1.46. The highest BCUT2D eigenvalue weighted by atomic mass is 16.3. The van der Waals surface area contributed by atoms with Gasteiger partial charge in [0.05, 0.1) is 11.2 Å². The van der Waals surface area contributed by atoms with Gasteiger partial charge in [-0.2, -0.15) is 0 Å². The minimum atomic E-state index is -0.561. The molecule has 0 saturated heterocycles. The zero-order valence-electron chi connectivity index (χ0n) is 11.5. The van der Waals surface area contributed by atoms with Crippen molar-refractivity contribution in [3.63, 3.8) is 0 Å². The van der Waals surface area contributed by atoms with Crippen LogP contribution >= 0.6 is 0 Å². The molecule has 17 heavy (non-hydrogen) atoms. The first-order valence-electron chi connectivity index (χ1n) is 7.13. The van der Waals surface area contributed by atoms with Crippen LogP contribution < -0.4 is 0 Å². The molecule has 3 aliphatic rings. The van der Waals surface area contributed by atoms with Crippen LogP contribution in [0, 0.1) is 29.1 Å². The van der Waals surface area contributed by atoms with Crippen molar-refractivity contribution in [1.82, 2.24) is 0 Å². The van der Waals surface area contributed by atoms with Crippen LogP contribution in [-0.2, 0) is 0 Å². The summed E-state index contributed by atoms with van der Waals surface area (Å²) in [7, 11) is 0. The second kappa shape index (κ2) is 3.08. The van der Waals surface area contributed by atoms with Crippen molar-refractivity contribution in [3.8, 4) is 0 Å². The summed E-state index contributed by atoms with van der Waals surface area (Å²) >= 11 is 0. The summed E-state index contributed by atoms with van der Waals surface area (Å²) in [6.45, 7) is 8.66. The Balaban J connectivity index is 1.99. The van der Waals surface area contributed by atoms with E-state index in [1.54, 1.807) is 0 Å². The molecular weight excluding hydrogens is 212 g/mol. The van der Waals surface area contributed by atoms with Crippen LogP contribution in [0.15, 0.2) is 0 Å². The van der Waals surface area contributed by atoms with Gasteiger partial charge in [-0.15, -0.1) is 0 Å². The Hall–Kier alpha value is -0.0800. The van der Waals surface area contributed by atoms with Gasteiger partial charge in [0, 0.05) is 0 Å². The molecule has 0 heterocycles. The van der Waals surface area contributed by atoms with Crippen molar-refractivity contribution in [2.24, 2.45) is 29.1 Å². The molecule has 0 radical (unpaired) electrons. The van der Waals surface area contributed by atoms with E-state index in [-0.39, 0.29) is 0 Å². The van der Waals surface area contributed by atoms with E-state index in [1.165, 1.54) is 0 Å². The lowest BCUT2D eigenvalue weighted by molar-refractivity contribution is -0.0663. The van der Waals surface area contributed by atoms with Crippen LogP contribution in [0.4, 0.5) is 0 Å². The zero-order chi connectivity index (χ0) is 12.6. The van der Waals surface area contributed by atoms with E-state index in [1.807, 2.05) is 13.8 Å². The zero-order valence-corrected chi connectivity index (χ0v) is 11.5. The summed E-state index contributed by atoms with van der Waals surface area (Å²) < 4.78 is 0. The van der Waals surface area contributed by atoms with Gasteiger partial charge in [-0.05, 0) is 68.6 Å². The maximum Gasteiger partial charge on any atom is 0.0654 e. The molecule has 2 nitrogen and oxygen atoms in total. The molecule has 0 aromatic heterocycles. The molecule has 0 aromatic carbocycles. The molecule has 3 rings (SSSR count). The van der Waals surface area contributed by atoms with Crippen LogP contribution in [-0.4, -0.2) is 21.4 Å². The number of fused-ring (bicyclic) bond motifs is 3. The van der Waals surface area contributed by atoms with E-state index >= 15 is 0 Å². The number of hydrogen-bond donors (Lipinski definition) is 2. The largest absolute Gasteiger partial charge is 0.390 e. The molecule has 0 amide bonds. The lowest BCUT2D eigenvalue weighted by atomic mass is 9.73. The number of rotatable bonds is 0. The van der Waals surface area contributed by atoms with E-state index in [2.05, 4.69) is 13.8 Å². The molecule has 0 bridgehead atoms. The van der Waals surface area contributed by atoms with Crippen LogP contribution in [0.1, 0.15) is 53.4 Å². The van der Waals surface area contributed by atoms with E-state index in [0.29, 0.717) is 29.1 Å². The van der Waals surface area contributed by atoms with Gasteiger partial charge >= 0.3 is 0 Å². The fourth-order valence-corrected chi connectivity index (χ4v) is 5.25. The minimum absolute atomic E-state index is 0.300. The van der Waals surface area contributed by atoms with Gasteiger partial charge in [-0.25, -0.2) is 0 Å². The Labute approximate surface area is 104 Å². The van der Waals surface area contributed by atoms with Crippen LogP contribution in [0.2, 0.25) is 0 Å². The Morgan fingerprint density at radius 2 is 1.29 bits per heavy atom. The molecular formula is C15H26O2. The lowest BCUT2D eigenvalue weighted by Crippen LogP contribution is -2.43. The molecule has 3 aliphatic carbocycles. The molecule has 3 fully saturated rings. The van der Waals surface area contributed by atoms with Crippen molar-refractivity contribution in [1.29, 1.82) is 0 Å². The highest BCUT2D eigenvalue weighted by molar-refractivity contribution is 5.18. The highest BCUT2D eigenvalue weighted by Gasteiger charge is 2.69. The molecule has 6 atom stereocenters. The third-order valence-corrected chi connectivity index (χ3v) is 6.40. The molecule has 1 unspecified atom stereocenters. The summed E-state index contributed by atoms with van der Waals surface area (Å²) in [6, 6.07) is 0. The van der Waals surface area contributed by atoms with Gasteiger partial charge < -0.3 is 10.2 Å². The van der Waals surface area contributed by atoms with E-state index in [4.69, 9.17) is 0 Å². The highest BCUT2D eigenvalue weighted by Crippen LogP contribution is 2.71. The summed E-state index contributed by atoms with van der Waals surface area (Å²) in [6.07, 6.45) is 3.89. The lowest BCUT2D eigenvalue weighted by Gasteiger charge is -2.37. The number of hydrogen-bond acceptors (Lipinski definition) is 2. The van der Waals surface area contributed by atoms with Gasteiger partial charge in [-0.3, -0.25) is 0 Å². The van der Waals surface area contributed by atoms with Crippen LogP contribution in [0.5, 0.6) is 0 Å². The second-order valence-electron chi connectivity index (χ2n) is 7.88. The van der Waals surface area contributed by atoms with Crippen molar-refractivity contribution >= 4 is 0 Å². The summed E-state index contributed by atoms with van der Waals surface area (Å²) in [5.74, 6) is 1.95. The first kappa shape index (κ1) is 12.0. The van der Waals surface area contributed by atoms with Crippen molar-refractivity contribution in [2.45, 2.75) is 64.6 Å². The Bertz CT molecular complexity index is 343. The SMILES string of the molecule is CC1(C)C2[C@H]1CC[C@](C)(O)[C@@H]1CC[C@](C)(O)[C@@H]21. The smallest absolute Gasteiger partial charge is 0.0654 e. The standard InChI is InChI=1S/C15H26O2/c1-13(2)9-5-7-14(3,16)10-6-8-15(4,17)12(10)11(9)13/h9-12,16-17H,5-8H2,1-4H3/t9-,10-,11?,12-,14+,15+/m1/s1. The Morgan fingerprint density at radius 3 is 1.94 bits per heavy atom. The topological polar surface area (TPSA) is 40.5 Å².